The first-order valence-electron chi connectivity index (χ1n) is 8.20. The van der Waals surface area contributed by atoms with Gasteiger partial charge in [0, 0.05) is 26.8 Å². The van der Waals surface area contributed by atoms with E-state index in [9.17, 15) is 4.79 Å². The van der Waals surface area contributed by atoms with E-state index < -0.39 is 0 Å². The summed E-state index contributed by atoms with van der Waals surface area (Å²) >= 11 is 0. The molecule has 25 heavy (non-hydrogen) atoms. The van der Waals surface area contributed by atoms with Gasteiger partial charge in [-0.15, -0.1) is 10.2 Å². The van der Waals surface area contributed by atoms with Gasteiger partial charge >= 0.3 is 0 Å². The maximum absolute atomic E-state index is 11.9. The number of aromatic nitrogens is 2. The molecule has 0 saturated carbocycles. The summed E-state index contributed by atoms with van der Waals surface area (Å²) in [6.07, 6.45) is 1.60. The van der Waals surface area contributed by atoms with E-state index in [1.807, 2.05) is 24.3 Å². The molecule has 0 atom stereocenters. The first-order valence-corrected chi connectivity index (χ1v) is 8.20. The second-order valence-corrected chi connectivity index (χ2v) is 5.43. The van der Waals surface area contributed by atoms with E-state index >= 15 is 0 Å². The molecule has 1 amide bonds. The molecule has 0 fully saturated rings. The maximum Gasteiger partial charge on any atom is 0.271 e. The number of methoxy groups -OCH3 is 2. The van der Waals surface area contributed by atoms with Gasteiger partial charge in [0.2, 0.25) is 0 Å². The minimum Gasteiger partial charge on any atom is -0.497 e. The lowest BCUT2D eigenvalue weighted by Crippen LogP contribution is -2.26. The zero-order valence-corrected chi connectivity index (χ0v) is 14.6. The molecular formula is C18H24N4O3. The molecule has 0 aliphatic carbocycles. The molecule has 2 rings (SSSR count). The van der Waals surface area contributed by atoms with Gasteiger partial charge in [0.05, 0.1) is 7.11 Å². The van der Waals surface area contributed by atoms with Gasteiger partial charge in [-0.25, -0.2) is 0 Å². The highest BCUT2D eigenvalue weighted by Crippen LogP contribution is 2.13. The van der Waals surface area contributed by atoms with Crippen molar-refractivity contribution in [3.63, 3.8) is 0 Å². The quantitative estimate of drug-likeness (QED) is 0.641. The molecule has 0 radical (unpaired) electrons. The summed E-state index contributed by atoms with van der Waals surface area (Å²) in [7, 11) is 3.29. The van der Waals surface area contributed by atoms with E-state index in [-0.39, 0.29) is 5.91 Å². The molecule has 0 aliphatic heterocycles. The predicted molar refractivity (Wildman–Crippen MR) is 96.0 cm³/mol. The maximum atomic E-state index is 11.9. The van der Waals surface area contributed by atoms with Crippen LogP contribution in [0.5, 0.6) is 5.75 Å². The Morgan fingerprint density at radius 3 is 2.72 bits per heavy atom. The second kappa shape index (κ2) is 10.2. The number of nitrogens with one attached hydrogen (secondary N) is 2. The number of carbonyl (C=O) groups is 1. The Morgan fingerprint density at radius 1 is 1.12 bits per heavy atom. The van der Waals surface area contributed by atoms with Crippen molar-refractivity contribution >= 4 is 11.7 Å². The third-order valence-corrected chi connectivity index (χ3v) is 3.56. The van der Waals surface area contributed by atoms with Crippen molar-refractivity contribution in [3.05, 3.63) is 47.7 Å². The van der Waals surface area contributed by atoms with Crippen molar-refractivity contribution in [2.45, 2.75) is 12.8 Å². The highest BCUT2D eigenvalue weighted by atomic mass is 16.5. The Bertz CT molecular complexity index is 662. The summed E-state index contributed by atoms with van der Waals surface area (Å²) in [4.78, 5) is 11.9. The van der Waals surface area contributed by atoms with E-state index in [1.165, 1.54) is 5.56 Å². The fourth-order valence-corrected chi connectivity index (χ4v) is 2.22. The van der Waals surface area contributed by atoms with Crippen molar-refractivity contribution in [3.8, 4) is 5.75 Å². The van der Waals surface area contributed by atoms with Crippen molar-refractivity contribution in [1.29, 1.82) is 0 Å². The minimum atomic E-state index is -0.230. The van der Waals surface area contributed by atoms with Gasteiger partial charge in [0.15, 0.2) is 5.69 Å². The molecule has 2 N–H and O–H groups in total. The molecule has 0 spiro atoms. The van der Waals surface area contributed by atoms with Gasteiger partial charge in [0.25, 0.3) is 5.91 Å². The molecule has 2 aromatic rings. The largest absolute Gasteiger partial charge is 0.497 e. The fourth-order valence-electron chi connectivity index (χ4n) is 2.22. The number of ether oxygens (including phenoxy) is 2. The van der Waals surface area contributed by atoms with Crippen LogP contribution in [0.2, 0.25) is 0 Å². The number of amides is 1. The van der Waals surface area contributed by atoms with Gasteiger partial charge in [-0.2, -0.15) is 0 Å². The summed E-state index contributed by atoms with van der Waals surface area (Å²) in [5, 5.41) is 14.0. The summed E-state index contributed by atoms with van der Waals surface area (Å²) in [6, 6.07) is 11.3. The number of nitrogens with zero attached hydrogens (tertiary/aromatic N) is 2. The van der Waals surface area contributed by atoms with E-state index in [0.29, 0.717) is 31.2 Å². The molecule has 1 aromatic heterocycles. The smallest absolute Gasteiger partial charge is 0.271 e. The average Bonchev–Trinajstić information content (AvgIpc) is 2.66. The summed E-state index contributed by atoms with van der Waals surface area (Å²) < 4.78 is 10.1. The first kappa shape index (κ1) is 18.7. The normalized spacial score (nSPS) is 10.3. The van der Waals surface area contributed by atoms with Crippen LogP contribution in [0.1, 0.15) is 22.5 Å². The molecule has 0 bridgehead atoms. The molecular weight excluding hydrogens is 320 g/mol. The van der Waals surface area contributed by atoms with Crippen molar-refractivity contribution in [1.82, 2.24) is 15.5 Å². The van der Waals surface area contributed by atoms with Gasteiger partial charge < -0.3 is 20.1 Å². The SMILES string of the molecule is COCCCNC(=O)c1ccc(NCCc2cccc(OC)c2)nn1. The summed E-state index contributed by atoms with van der Waals surface area (Å²) in [6.45, 7) is 1.88. The molecule has 0 unspecified atom stereocenters. The lowest BCUT2D eigenvalue weighted by Gasteiger charge is -2.07. The van der Waals surface area contributed by atoms with Crippen LogP contribution in [0.4, 0.5) is 5.82 Å². The monoisotopic (exact) mass is 344 g/mol. The van der Waals surface area contributed by atoms with Crippen LogP contribution < -0.4 is 15.4 Å². The number of rotatable bonds is 10. The fraction of sp³-hybridized carbons (Fsp3) is 0.389. The zero-order valence-electron chi connectivity index (χ0n) is 14.6. The van der Waals surface area contributed by atoms with E-state index in [0.717, 1.165) is 18.6 Å². The van der Waals surface area contributed by atoms with Crippen LogP contribution in [0.15, 0.2) is 36.4 Å². The van der Waals surface area contributed by atoms with Crippen molar-refractivity contribution in [2.75, 3.05) is 39.2 Å². The van der Waals surface area contributed by atoms with Crippen LogP contribution in [0, 0.1) is 0 Å². The number of benzene rings is 1. The van der Waals surface area contributed by atoms with Crippen LogP contribution in [0.3, 0.4) is 0 Å². The first-order chi connectivity index (χ1) is 12.2. The minimum absolute atomic E-state index is 0.230. The van der Waals surface area contributed by atoms with Gasteiger partial charge in [-0.3, -0.25) is 4.79 Å². The second-order valence-electron chi connectivity index (χ2n) is 5.43. The van der Waals surface area contributed by atoms with Crippen molar-refractivity contribution in [2.24, 2.45) is 0 Å². The van der Waals surface area contributed by atoms with Crippen LogP contribution in [-0.2, 0) is 11.2 Å². The summed E-state index contributed by atoms with van der Waals surface area (Å²) in [5.41, 5.74) is 1.47. The predicted octanol–water partition coefficient (Wildman–Crippen LogP) is 1.91. The Morgan fingerprint density at radius 2 is 2.00 bits per heavy atom. The Balaban J connectivity index is 1.76. The van der Waals surface area contributed by atoms with Gasteiger partial charge in [-0.05, 0) is 42.7 Å². The van der Waals surface area contributed by atoms with Crippen molar-refractivity contribution < 1.29 is 14.3 Å². The third kappa shape index (κ3) is 6.39. The Labute approximate surface area is 147 Å². The molecule has 1 aromatic carbocycles. The molecule has 134 valence electrons. The number of carbonyl (C=O) groups excluding carboxylic acids is 1. The van der Waals surface area contributed by atoms with E-state index in [4.69, 9.17) is 9.47 Å². The molecule has 1 heterocycles. The zero-order chi connectivity index (χ0) is 17.9. The third-order valence-electron chi connectivity index (χ3n) is 3.56. The molecule has 7 heteroatoms. The van der Waals surface area contributed by atoms with E-state index in [1.54, 1.807) is 26.4 Å². The Kier molecular flexibility index (Phi) is 7.65. The van der Waals surface area contributed by atoms with Crippen LogP contribution >= 0.6 is 0 Å². The number of hydrogen-bond acceptors (Lipinski definition) is 6. The molecule has 0 saturated heterocycles. The van der Waals surface area contributed by atoms with Gasteiger partial charge in [0.1, 0.15) is 11.6 Å². The molecule has 7 nitrogen and oxygen atoms in total. The lowest BCUT2D eigenvalue weighted by molar-refractivity contribution is 0.0942. The number of anilines is 1. The lowest BCUT2D eigenvalue weighted by atomic mass is 10.1. The standard InChI is InChI=1S/C18H24N4O3/c1-24-12-4-10-20-18(23)16-7-8-17(22-21-16)19-11-9-14-5-3-6-15(13-14)25-2/h3,5-8,13H,4,9-12H2,1-2H3,(H,19,22)(H,20,23). The summed E-state index contributed by atoms with van der Waals surface area (Å²) in [5.74, 6) is 1.25. The highest BCUT2D eigenvalue weighted by molar-refractivity contribution is 5.92. The Hall–Kier alpha value is -2.67. The highest BCUT2D eigenvalue weighted by Gasteiger charge is 2.07. The topological polar surface area (TPSA) is 85.4 Å². The van der Waals surface area contributed by atoms with Crippen LogP contribution in [-0.4, -0.2) is 50.0 Å². The average molecular weight is 344 g/mol. The van der Waals surface area contributed by atoms with E-state index in [2.05, 4.69) is 20.8 Å². The van der Waals surface area contributed by atoms with Crippen LogP contribution in [0.25, 0.3) is 0 Å². The number of hydrogen-bond donors (Lipinski definition) is 2. The molecule has 0 aliphatic rings. The van der Waals surface area contributed by atoms with Gasteiger partial charge in [-0.1, -0.05) is 12.1 Å².